The molecule has 2 fully saturated rings. The maximum Gasteiger partial charge on any atom is 0.246 e. The minimum Gasteiger partial charge on any atom is -0.365 e. The topological polar surface area (TPSA) is 51.7 Å². The van der Waals surface area contributed by atoms with E-state index in [-0.39, 0.29) is 11.9 Å². The Morgan fingerprint density at radius 1 is 1.33 bits per heavy atom. The van der Waals surface area contributed by atoms with Crippen molar-refractivity contribution in [1.82, 2.24) is 14.8 Å². The van der Waals surface area contributed by atoms with Crippen molar-refractivity contribution < 1.29 is 4.79 Å². The number of hydrogen-bond acceptors (Lipinski definition) is 5. The molecule has 3 rings (SSSR count). The largest absolute Gasteiger partial charge is 0.365 e. The molecule has 2 saturated heterocycles. The maximum absolute atomic E-state index is 11.7. The lowest BCUT2D eigenvalue weighted by Gasteiger charge is -2.34. The van der Waals surface area contributed by atoms with E-state index < -0.39 is 0 Å². The maximum atomic E-state index is 11.7. The summed E-state index contributed by atoms with van der Waals surface area (Å²) in [5, 5.41) is 3.47. The first-order chi connectivity index (χ1) is 11.7. The van der Waals surface area contributed by atoms with Gasteiger partial charge in [-0.25, -0.2) is 4.98 Å². The molecule has 0 radical (unpaired) electrons. The zero-order valence-corrected chi connectivity index (χ0v) is 14.4. The molecular formula is C18H27N5O. The van der Waals surface area contributed by atoms with E-state index in [4.69, 9.17) is 4.98 Å². The van der Waals surface area contributed by atoms with Gasteiger partial charge in [-0.15, -0.1) is 0 Å². The third kappa shape index (κ3) is 3.87. The summed E-state index contributed by atoms with van der Waals surface area (Å²) in [6.07, 6.45) is 2.33. The molecule has 1 N–H and O–H groups in total. The third-order valence-electron chi connectivity index (χ3n) is 4.90. The molecule has 3 heterocycles. The van der Waals surface area contributed by atoms with E-state index in [0.29, 0.717) is 6.54 Å². The summed E-state index contributed by atoms with van der Waals surface area (Å²) in [5.74, 6) is 1.94. The number of anilines is 2. The molecule has 130 valence electrons. The van der Waals surface area contributed by atoms with Crippen LogP contribution in [-0.4, -0.2) is 72.5 Å². The highest BCUT2D eigenvalue weighted by Crippen LogP contribution is 2.19. The Bertz CT molecular complexity index is 583. The van der Waals surface area contributed by atoms with E-state index in [2.05, 4.69) is 40.8 Å². The van der Waals surface area contributed by atoms with Crippen LogP contribution in [0.1, 0.15) is 13.3 Å². The number of likely N-dealkylation sites (tertiary alicyclic amines) is 1. The Kier molecular flexibility index (Phi) is 5.35. The SMILES string of the molecule is C=CC(=O)N1CC[C@H](Nc2cccc(N3CCN(CC)CC3)n2)C1. The second-order valence-corrected chi connectivity index (χ2v) is 6.42. The van der Waals surface area contributed by atoms with Crippen LogP contribution >= 0.6 is 0 Å². The molecule has 0 aromatic carbocycles. The predicted molar refractivity (Wildman–Crippen MR) is 97.4 cm³/mol. The molecule has 0 aliphatic carbocycles. The number of aromatic nitrogens is 1. The number of nitrogens with zero attached hydrogens (tertiary/aromatic N) is 4. The Morgan fingerprint density at radius 3 is 2.83 bits per heavy atom. The van der Waals surface area contributed by atoms with Gasteiger partial charge in [0.05, 0.1) is 0 Å². The highest BCUT2D eigenvalue weighted by Gasteiger charge is 2.25. The van der Waals surface area contributed by atoms with Gasteiger partial charge in [0.25, 0.3) is 0 Å². The van der Waals surface area contributed by atoms with Gasteiger partial charge in [0, 0.05) is 45.3 Å². The van der Waals surface area contributed by atoms with Gasteiger partial charge in [-0.3, -0.25) is 4.79 Å². The molecule has 2 aliphatic rings. The number of rotatable bonds is 5. The zero-order valence-electron chi connectivity index (χ0n) is 14.4. The molecule has 6 heteroatoms. The standard InChI is InChI=1S/C18H27N5O/c1-3-18(24)23-9-8-15(14-23)19-16-6-5-7-17(20-16)22-12-10-21(4-2)11-13-22/h3,5-7,15H,1,4,8-14H2,2H3,(H,19,20)/t15-/m0/s1. The molecule has 0 bridgehead atoms. The van der Waals surface area contributed by atoms with Crippen molar-refractivity contribution in [2.75, 3.05) is 56.0 Å². The van der Waals surface area contributed by atoms with Crippen LogP contribution in [0.25, 0.3) is 0 Å². The fraction of sp³-hybridized carbons (Fsp3) is 0.556. The number of carbonyl (C=O) groups is 1. The lowest BCUT2D eigenvalue weighted by molar-refractivity contribution is -0.125. The van der Waals surface area contributed by atoms with Crippen molar-refractivity contribution in [2.24, 2.45) is 0 Å². The smallest absolute Gasteiger partial charge is 0.246 e. The molecular weight excluding hydrogens is 302 g/mol. The zero-order chi connectivity index (χ0) is 16.9. The van der Waals surface area contributed by atoms with Crippen molar-refractivity contribution in [3.63, 3.8) is 0 Å². The van der Waals surface area contributed by atoms with E-state index in [1.165, 1.54) is 6.08 Å². The number of hydrogen-bond donors (Lipinski definition) is 1. The summed E-state index contributed by atoms with van der Waals surface area (Å²) >= 11 is 0. The molecule has 0 saturated carbocycles. The van der Waals surface area contributed by atoms with Crippen molar-refractivity contribution in [3.05, 3.63) is 30.9 Å². The quantitative estimate of drug-likeness (QED) is 0.828. The van der Waals surface area contributed by atoms with Crippen molar-refractivity contribution in [2.45, 2.75) is 19.4 Å². The van der Waals surface area contributed by atoms with E-state index in [1.54, 1.807) is 0 Å². The Labute approximate surface area is 144 Å². The predicted octanol–water partition coefficient (Wildman–Crippen LogP) is 1.42. The molecule has 1 aromatic rings. The Hall–Kier alpha value is -2.08. The van der Waals surface area contributed by atoms with Crippen LogP contribution in [0.15, 0.2) is 30.9 Å². The molecule has 6 nitrogen and oxygen atoms in total. The van der Waals surface area contributed by atoms with Crippen molar-refractivity contribution in [3.8, 4) is 0 Å². The monoisotopic (exact) mass is 329 g/mol. The van der Waals surface area contributed by atoms with Crippen LogP contribution in [0.5, 0.6) is 0 Å². The van der Waals surface area contributed by atoms with Crippen LogP contribution in [0.2, 0.25) is 0 Å². The number of carbonyl (C=O) groups excluding carboxylic acids is 1. The lowest BCUT2D eigenvalue weighted by Crippen LogP contribution is -2.46. The van der Waals surface area contributed by atoms with Gasteiger partial charge in [-0.2, -0.15) is 0 Å². The second kappa shape index (κ2) is 7.66. The molecule has 1 atom stereocenters. The summed E-state index contributed by atoms with van der Waals surface area (Å²) in [7, 11) is 0. The molecule has 1 aromatic heterocycles. The highest BCUT2D eigenvalue weighted by molar-refractivity contribution is 5.87. The first kappa shape index (κ1) is 16.8. The molecule has 1 amide bonds. The van der Waals surface area contributed by atoms with Gasteiger partial charge in [-0.1, -0.05) is 19.6 Å². The van der Waals surface area contributed by atoms with E-state index in [0.717, 1.165) is 57.3 Å². The van der Waals surface area contributed by atoms with Gasteiger partial charge < -0.3 is 20.0 Å². The van der Waals surface area contributed by atoms with Gasteiger partial charge in [0.15, 0.2) is 0 Å². The van der Waals surface area contributed by atoms with Gasteiger partial charge in [0.2, 0.25) is 5.91 Å². The Balaban J connectivity index is 1.58. The number of amides is 1. The number of piperazine rings is 1. The summed E-state index contributed by atoms with van der Waals surface area (Å²) < 4.78 is 0. The summed E-state index contributed by atoms with van der Waals surface area (Å²) in [6.45, 7) is 12.6. The van der Waals surface area contributed by atoms with Crippen LogP contribution in [-0.2, 0) is 4.79 Å². The summed E-state index contributed by atoms with van der Waals surface area (Å²) in [6, 6.07) is 6.39. The second-order valence-electron chi connectivity index (χ2n) is 6.42. The minimum atomic E-state index is 0.00908. The first-order valence-corrected chi connectivity index (χ1v) is 8.82. The summed E-state index contributed by atoms with van der Waals surface area (Å²) in [5.41, 5.74) is 0. The Morgan fingerprint density at radius 2 is 2.12 bits per heavy atom. The minimum absolute atomic E-state index is 0.00908. The summed E-state index contributed by atoms with van der Waals surface area (Å²) in [4.78, 5) is 23.1. The van der Waals surface area contributed by atoms with E-state index >= 15 is 0 Å². The molecule has 24 heavy (non-hydrogen) atoms. The van der Waals surface area contributed by atoms with E-state index in [9.17, 15) is 4.79 Å². The normalized spacial score (nSPS) is 21.8. The highest BCUT2D eigenvalue weighted by atomic mass is 16.2. The molecule has 2 aliphatic heterocycles. The molecule has 0 spiro atoms. The van der Waals surface area contributed by atoms with Crippen molar-refractivity contribution >= 4 is 17.5 Å². The average molecular weight is 329 g/mol. The van der Waals surface area contributed by atoms with Crippen LogP contribution in [0.3, 0.4) is 0 Å². The number of likely N-dealkylation sites (N-methyl/N-ethyl adjacent to an activating group) is 1. The molecule has 0 unspecified atom stereocenters. The lowest BCUT2D eigenvalue weighted by atomic mass is 10.2. The van der Waals surface area contributed by atoms with Crippen LogP contribution < -0.4 is 10.2 Å². The van der Waals surface area contributed by atoms with Crippen molar-refractivity contribution in [1.29, 1.82) is 0 Å². The first-order valence-electron chi connectivity index (χ1n) is 8.82. The number of nitrogens with one attached hydrogen (secondary N) is 1. The van der Waals surface area contributed by atoms with Crippen LogP contribution in [0.4, 0.5) is 11.6 Å². The number of pyridine rings is 1. The average Bonchev–Trinajstić information content (AvgIpc) is 3.10. The van der Waals surface area contributed by atoms with Gasteiger partial charge in [0.1, 0.15) is 11.6 Å². The van der Waals surface area contributed by atoms with Gasteiger partial charge >= 0.3 is 0 Å². The fourth-order valence-electron chi connectivity index (χ4n) is 3.39. The van der Waals surface area contributed by atoms with E-state index in [1.807, 2.05) is 11.0 Å². The van der Waals surface area contributed by atoms with Crippen LogP contribution in [0, 0.1) is 0 Å². The third-order valence-corrected chi connectivity index (χ3v) is 4.90. The fourth-order valence-corrected chi connectivity index (χ4v) is 3.39. The van der Waals surface area contributed by atoms with Gasteiger partial charge in [-0.05, 0) is 31.2 Å².